The Morgan fingerprint density at radius 3 is 3.00 bits per heavy atom. The molecule has 1 aromatic carbocycles. The highest BCUT2D eigenvalue weighted by molar-refractivity contribution is 9.10. The van der Waals surface area contributed by atoms with Crippen LogP contribution in [-0.4, -0.2) is 40.0 Å². The normalized spacial score (nSPS) is 37.3. The van der Waals surface area contributed by atoms with Crippen LogP contribution in [-0.2, 0) is 16.6 Å². The van der Waals surface area contributed by atoms with Crippen molar-refractivity contribution in [3.05, 3.63) is 33.9 Å². The number of piperazine rings is 1. The van der Waals surface area contributed by atoms with Gasteiger partial charge >= 0.3 is 0 Å². The number of aromatic nitrogens is 1. The highest BCUT2D eigenvalue weighted by Crippen LogP contribution is 2.58. The molecule has 0 saturated carbocycles. The van der Waals surface area contributed by atoms with E-state index in [0.29, 0.717) is 5.92 Å². The minimum absolute atomic E-state index is 0.0223. The lowest BCUT2D eigenvalue weighted by atomic mass is 9.51. The third-order valence-electron chi connectivity index (χ3n) is 7.97. The van der Waals surface area contributed by atoms with E-state index in [1.165, 1.54) is 22.2 Å². The lowest BCUT2D eigenvalue weighted by Gasteiger charge is -2.65. The molecular weight excluding hydrogens is 390 g/mol. The monoisotopic (exact) mass is 413 g/mol. The number of H-pyrrole nitrogens is 1. The van der Waals surface area contributed by atoms with Crippen molar-refractivity contribution < 1.29 is 4.79 Å². The molecule has 0 unspecified atom stereocenters. The molecule has 0 radical (unpaired) electrons. The van der Waals surface area contributed by atoms with Crippen molar-refractivity contribution in [3.63, 3.8) is 0 Å². The van der Waals surface area contributed by atoms with Gasteiger partial charge in [-0.2, -0.15) is 0 Å². The maximum absolute atomic E-state index is 13.1. The second-order valence-corrected chi connectivity index (χ2v) is 10.4. The smallest absolute Gasteiger partial charge is 0.241 e. The van der Waals surface area contributed by atoms with Crippen molar-refractivity contribution in [1.82, 2.24) is 15.2 Å². The Hall–Kier alpha value is -1.33. The first-order valence-electron chi connectivity index (χ1n) is 9.74. The van der Waals surface area contributed by atoms with Gasteiger partial charge < -0.3 is 10.3 Å². The maximum atomic E-state index is 13.1. The number of piperidine rings is 2. The van der Waals surface area contributed by atoms with Gasteiger partial charge in [0.2, 0.25) is 5.91 Å². The van der Waals surface area contributed by atoms with Gasteiger partial charge in [0, 0.05) is 33.0 Å². The van der Waals surface area contributed by atoms with E-state index in [9.17, 15) is 4.79 Å². The fourth-order valence-corrected chi connectivity index (χ4v) is 7.17. The van der Waals surface area contributed by atoms with Crippen LogP contribution in [0.15, 0.2) is 22.7 Å². The van der Waals surface area contributed by atoms with Crippen molar-refractivity contribution >= 4 is 32.7 Å². The number of hydrogen-bond donors (Lipinski definition) is 2. The lowest BCUT2D eigenvalue weighted by molar-refractivity contribution is -0.160. The number of fused-ring (bicyclic) bond motifs is 4. The minimum Gasteiger partial charge on any atom is -0.358 e. The summed E-state index contributed by atoms with van der Waals surface area (Å²) in [6, 6.07) is 6.50. The van der Waals surface area contributed by atoms with Crippen LogP contribution in [0.25, 0.3) is 10.9 Å². The second kappa shape index (κ2) is 4.56. The summed E-state index contributed by atoms with van der Waals surface area (Å²) >= 11 is 3.63. The first kappa shape index (κ1) is 15.7. The van der Waals surface area contributed by atoms with Gasteiger partial charge in [-0.05, 0) is 61.9 Å². The van der Waals surface area contributed by atoms with Crippen LogP contribution in [0.5, 0.6) is 0 Å². The molecule has 136 valence electrons. The van der Waals surface area contributed by atoms with Gasteiger partial charge in [0.25, 0.3) is 0 Å². The molecule has 2 aromatic rings. The number of rotatable bonds is 0. The van der Waals surface area contributed by atoms with Crippen LogP contribution in [0.4, 0.5) is 0 Å². The zero-order valence-electron chi connectivity index (χ0n) is 15.3. The van der Waals surface area contributed by atoms with E-state index >= 15 is 0 Å². The first-order valence-corrected chi connectivity index (χ1v) is 10.5. The largest absolute Gasteiger partial charge is 0.358 e. The predicted octanol–water partition coefficient (Wildman–Crippen LogP) is 3.49. The van der Waals surface area contributed by atoms with Gasteiger partial charge in [-0.3, -0.25) is 9.69 Å². The number of amides is 1. The van der Waals surface area contributed by atoms with Crippen molar-refractivity contribution in [2.24, 2.45) is 5.92 Å². The molecule has 5 heteroatoms. The van der Waals surface area contributed by atoms with Gasteiger partial charge in [0.05, 0.1) is 5.54 Å². The van der Waals surface area contributed by atoms with E-state index in [2.05, 4.69) is 63.2 Å². The molecule has 5 aliphatic rings. The number of halogens is 1. The fourth-order valence-electron chi connectivity index (χ4n) is 6.81. The van der Waals surface area contributed by atoms with Crippen LogP contribution in [0.3, 0.4) is 0 Å². The van der Waals surface area contributed by atoms with E-state index in [1.54, 1.807) is 0 Å². The van der Waals surface area contributed by atoms with E-state index in [0.717, 1.165) is 43.2 Å². The highest BCUT2D eigenvalue weighted by atomic mass is 79.9. The molecule has 4 aliphatic heterocycles. The molecule has 7 rings (SSSR count). The molecule has 4 saturated heterocycles. The molecule has 2 N–H and O–H groups in total. The topological polar surface area (TPSA) is 48.1 Å². The van der Waals surface area contributed by atoms with Crippen LogP contribution in [0.1, 0.15) is 44.4 Å². The van der Waals surface area contributed by atoms with Crippen LogP contribution >= 0.6 is 15.9 Å². The van der Waals surface area contributed by atoms with E-state index in [-0.39, 0.29) is 22.4 Å². The molecule has 2 bridgehead atoms. The molecular formula is C21H24BrN3O. The molecule has 4 fully saturated rings. The van der Waals surface area contributed by atoms with Crippen LogP contribution < -0.4 is 5.32 Å². The Kier molecular flexibility index (Phi) is 2.75. The van der Waals surface area contributed by atoms with Crippen molar-refractivity contribution in [2.45, 2.75) is 56.0 Å². The predicted molar refractivity (Wildman–Crippen MR) is 105 cm³/mol. The Morgan fingerprint density at radius 2 is 2.15 bits per heavy atom. The number of hydrogen-bond acceptors (Lipinski definition) is 2. The van der Waals surface area contributed by atoms with Crippen molar-refractivity contribution in [2.75, 3.05) is 13.1 Å². The van der Waals surface area contributed by atoms with E-state index < -0.39 is 0 Å². The summed E-state index contributed by atoms with van der Waals surface area (Å²) in [5, 5.41) is 4.85. The summed E-state index contributed by atoms with van der Waals surface area (Å²) in [4.78, 5) is 19.4. The molecule has 5 heterocycles. The molecule has 4 nitrogen and oxygen atoms in total. The molecule has 3 atom stereocenters. The summed E-state index contributed by atoms with van der Waals surface area (Å²) in [5.41, 5.74) is 3.64. The number of nitrogens with one attached hydrogen (secondary N) is 2. The number of carbonyl (C=O) groups is 1. The third kappa shape index (κ3) is 1.64. The number of benzene rings is 1. The zero-order valence-corrected chi connectivity index (χ0v) is 16.9. The molecule has 2 spiro atoms. The minimum atomic E-state index is -0.240. The number of carbonyl (C=O) groups excluding carboxylic acids is 1. The average Bonchev–Trinajstić information content (AvgIpc) is 3.16. The second-order valence-electron chi connectivity index (χ2n) is 9.49. The summed E-state index contributed by atoms with van der Waals surface area (Å²) in [6.07, 6.45) is 4.11. The Bertz CT molecular complexity index is 979. The number of nitrogens with zero attached hydrogens (tertiary/aromatic N) is 1. The number of aromatic amines is 1. The summed E-state index contributed by atoms with van der Waals surface area (Å²) in [7, 11) is 0. The molecule has 1 amide bonds. The standard InChI is InChI=1S/C21H24BrN3O/c1-19(2)16-10-21-6-3-7-25(21)11-20(16,24-18(21)26)9-14-13-8-12(22)4-5-15(13)23-17(14)19/h4-5,8,16,23H,3,6-7,9-11H2,1-2H3,(H,24,26)/t16-,20+,21-/m0/s1. The maximum Gasteiger partial charge on any atom is 0.241 e. The Labute approximate surface area is 161 Å². The van der Waals surface area contributed by atoms with Crippen molar-refractivity contribution in [1.29, 1.82) is 0 Å². The van der Waals surface area contributed by atoms with Gasteiger partial charge in [-0.25, -0.2) is 0 Å². The molecule has 1 aromatic heterocycles. The Balaban J connectivity index is 1.59. The zero-order chi connectivity index (χ0) is 17.9. The summed E-state index contributed by atoms with van der Waals surface area (Å²) in [6.45, 7) is 6.84. The first-order chi connectivity index (χ1) is 12.4. The van der Waals surface area contributed by atoms with Crippen LogP contribution in [0.2, 0.25) is 0 Å². The van der Waals surface area contributed by atoms with Crippen LogP contribution in [0, 0.1) is 5.92 Å². The van der Waals surface area contributed by atoms with Crippen molar-refractivity contribution in [3.8, 4) is 0 Å². The summed E-state index contributed by atoms with van der Waals surface area (Å²) < 4.78 is 1.11. The molecule has 26 heavy (non-hydrogen) atoms. The summed E-state index contributed by atoms with van der Waals surface area (Å²) in [5.74, 6) is 0.767. The lowest BCUT2D eigenvalue weighted by Crippen LogP contribution is -2.82. The van der Waals surface area contributed by atoms with Gasteiger partial charge in [-0.1, -0.05) is 29.8 Å². The fraction of sp³-hybridized carbons (Fsp3) is 0.571. The SMILES string of the molecule is CC1(C)c2[nH]c3ccc(Br)cc3c2C[C@@]23CN4CCC[C@]4(C[C@@H]12)C(=O)N3. The average molecular weight is 414 g/mol. The molecule has 1 aliphatic carbocycles. The third-order valence-corrected chi connectivity index (χ3v) is 8.46. The van der Waals surface area contributed by atoms with Gasteiger partial charge in [0.15, 0.2) is 0 Å². The van der Waals surface area contributed by atoms with Gasteiger partial charge in [0.1, 0.15) is 5.54 Å². The quantitative estimate of drug-likeness (QED) is 0.694. The van der Waals surface area contributed by atoms with Gasteiger partial charge in [-0.15, -0.1) is 0 Å². The van der Waals surface area contributed by atoms with E-state index in [1.807, 2.05) is 0 Å². The van der Waals surface area contributed by atoms with E-state index in [4.69, 9.17) is 0 Å². The highest BCUT2D eigenvalue weighted by Gasteiger charge is 2.68. The Morgan fingerprint density at radius 1 is 1.31 bits per heavy atom.